The maximum absolute atomic E-state index is 5.60. The molecule has 1 saturated carbocycles. The van der Waals surface area contributed by atoms with Gasteiger partial charge in [-0.15, -0.1) is 0 Å². The molecule has 1 aliphatic heterocycles. The van der Waals surface area contributed by atoms with Crippen molar-refractivity contribution >= 4 is 0 Å². The zero-order valence-electron chi connectivity index (χ0n) is 9.30. The monoisotopic (exact) mass is 197 g/mol. The molecule has 1 saturated heterocycles. The van der Waals surface area contributed by atoms with Crippen molar-refractivity contribution in [2.24, 2.45) is 5.92 Å². The fraction of sp³-hybridized carbons (Fsp3) is 1.00. The second-order valence-corrected chi connectivity index (χ2v) is 5.00. The molecule has 1 aliphatic carbocycles. The van der Waals surface area contributed by atoms with Gasteiger partial charge in [0.1, 0.15) is 0 Å². The van der Waals surface area contributed by atoms with Crippen LogP contribution in [0.1, 0.15) is 45.4 Å². The van der Waals surface area contributed by atoms with E-state index in [0.29, 0.717) is 6.10 Å². The van der Waals surface area contributed by atoms with Crippen molar-refractivity contribution in [3.63, 3.8) is 0 Å². The first-order valence-electron chi connectivity index (χ1n) is 6.19. The zero-order valence-corrected chi connectivity index (χ0v) is 9.30. The smallest absolute Gasteiger partial charge is 0.0700 e. The van der Waals surface area contributed by atoms with Gasteiger partial charge in [0.2, 0.25) is 0 Å². The van der Waals surface area contributed by atoms with Gasteiger partial charge in [-0.05, 0) is 44.4 Å². The highest BCUT2D eigenvalue weighted by Gasteiger charge is 2.20. The molecular formula is C12H23NO. The van der Waals surface area contributed by atoms with Crippen LogP contribution in [0, 0.1) is 5.92 Å². The van der Waals surface area contributed by atoms with Crippen LogP contribution < -0.4 is 5.32 Å². The maximum Gasteiger partial charge on any atom is 0.0700 e. The highest BCUT2D eigenvalue weighted by molar-refractivity contribution is 4.77. The van der Waals surface area contributed by atoms with Crippen LogP contribution in [0.15, 0.2) is 0 Å². The lowest BCUT2D eigenvalue weighted by Crippen LogP contribution is -2.37. The summed E-state index contributed by atoms with van der Waals surface area (Å²) in [7, 11) is 0. The Labute approximate surface area is 87.4 Å². The van der Waals surface area contributed by atoms with Gasteiger partial charge in [0, 0.05) is 19.2 Å². The van der Waals surface area contributed by atoms with Crippen LogP contribution in [-0.2, 0) is 4.74 Å². The van der Waals surface area contributed by atoms with E-state index in [1.165, 1.54) is 38.5 Å². The molecule has 0 radical (unpaired) electrons. The lowest BCUT2D eigenvalue weighted by molar-refractivity contribution is 0.105. The minimum Gasteiger partial charge on any atom is -0.377 e. The van der Waals surface area contributed by atoms with E-state index < -0.39 is 0 Å². The summed E-state index contributed by atoms with van der Waals surface area (Å²) in [5.41, 5.74) is 0. The lowest BCUT2D eigenvalue weighted by Gasteiger charge is -2.27. The average Bonchev–Trinajstić information content (AvgIpc) is 2.70. The van der Waals surface area contributed by atoms with Crippen LogP contribution in [-0.4, -0.2) is 25.3 Å². The molecule has 0 aromatic carbocycles. The second-order valence-electron chi connectivity index (χ2n) is 5.00. The summed E-state index contributed by atoms with van der Waals surface area (Å²) in [6.07, 6.45) is 8.58. The van der Waals surface area contributed by atoms with Gasteiger partial charge in [0.25, 0.3) is 0 Å². The van der Waals surface area contributed by atoms with E-state index in [1.54, 1.807) is 0 Å². The number of rotatable bonds is 3. The Bertz CT molecular complexity index is 158. The molecule has 1 heterocycles. The Balaban J connectivity index is 1.60. The highest BCUT2D eigenvalue weighted by atomic mass is 16.5. The van der Waals surface area contributed by atoms with Crippen LogP contribution in [0.2, 0.25) is 0 Å². The SMILES string of the molecule is CC1CCC(NCC2CCCO2)CC1. The largest absolute Gasteiger partial charge is 0.377 e. The third-order valence-electron chi connectivity index (χ3n) is 3.67. The molecule has 1 N–H and O–H groups in total. The molecule has 1 unspecified atom stereocenters. The van der Waals surface area contributed by atoms with Gasteiger partial charge in [-0.2, -0.15) is 0 Å². The summed E-state index contributed by atoms with van der Waals surface area (Å²) in [6.45, 7) is 4.43. The molecule has 2 heteroatoms. The lowest BCUT2D eigenvalue weighted by atomic mass is 9.87. The molecule has 1 atom stereocenters. The van der Waals surface area contributed by atoms with E-state index in [2.05, 4.69) is 12.2 Å². The maximum atomic E-state index is 5.60. The molecule has 2 fully saturated rings. The van der Waals surface area contributed by atoms with E-state index in [4.69, 9.17) is 4.74 Å². The van der Waals surface area contributed by atoms with Gasteiger partial charge in [0.05, 0.1) is 6.10 Å². The van der Waals surface area contributed by atoms with Gasteiger partial charge in [-0.25, -0.2) is 0 Å². The van der Waals surface area contributed by atoms with Crippen molar-refractivity contribution in [2.45, 2.75) is 57.6 Å². The Morgan fingerprint density at radius 3 is 2.57 bits per heavy atom. The third-order valence-corrected chi connectivity index (χ3v) is 3.67. The van der Waals surface area contributed by atoms with E-state index in [1.807, 2.05) is 0 Å². The van der Waals surface area contributed by atoms with Crippen molar-refractivity contribution < 1.29 is 4.74 Å². The average molecular weight is 197 g/mol. The standard InChI is InChI=1S/C12H23NO/c1-10-4-6-11(7-5-10)13-9-12-3-2-8-14-12/h10-13H,2-9H2,1H3. The predicted octanol–water partition coefficient (Wildman–Crippen LogP) is 2.33. The van der Waals surface area contributed by atoms with Crippen molar-refractivity contribution in [1.29, 1.82) is 0 Å². The number of nitrogens with one attached hydrogen (secondary N) is 1. The minimum atomic E-state index is 0.509. The minimum absolute atomic E-state index is 0.509. The van der Waals surface area contributed by atoms with E-state index >= 15 is 0 Å². The van der Waals surface area contributed by atoms with Crippen molar-refractivity contribution in [3.8, 4) is 0 Å². The summed E-state index contributed by atoms with van der Waals surface area (Å²) < 4.78 is 5.60. The Morgan fingerprint density at radius 2 is 1.93 bits per heavy atom. The van der Waals surface area contributed by atoms with Gasteiger partial charge >= 0.3 is 0 Å². The fourth-order valence-electron chi connectivity index (χ4n) is 2.57. The third kappa shape index (κ3) is 2.96. The van der Waals surface area contributed by atoms with Crippen LogP contribution in [0.5, 0.6) is 0 Å². The molecule has 2 aliphatic rings. The first-order chi connectivity index (χ1) is 6.84. The van der Waals surface area contributed by atoms with Crippen LogP contribution in [0.25, 0.3) is 0 Å². The second kappa shape index (κ2) is 5.13. The molecule has 82 valence electrons. The molecule has 2 nitrogen and oxygen atoms in total. The van der Waals surface area contributed by atoms with Crippen LogP contribution >= 0.6 is 0 Å². The summed E-state index contributed by atoms with van der Waals surface area (Å²) in [5, 5.41) is 3.66. The molecule has 0 aromatic rings. The number of hydrogen-bond acceptors (Lipinski definition) is 2. The molecule has 0 bridgehead atoms. The topological polar surface area (TPSA) is 21.3 Å². The Morgan fingerprint density at radius 1 is 1.14 bits per heavy atom. The van der Waals surface area contributed by atoms with E-state index in [0.717, 1.165) is 25.1 Å². The predicted molar refractivity (Wildman–Crippen MR) is 58.4 cm³/mol. The summed E-state index contributed by atoms with van der Waals surface area (Å²) >= 11 is 0. The van der Waals surface area contributed by atoms with Crippen molar-refractivity contribution in [2.75, 3.05) is 13.2 Å². The Hall–Kier alpha value is -0.0800. The molecule has 2 rings (SSSR count). The quantitative estimate of drug-likeness (QED) is 0.750. The first kappa shape index (κ1) is 10.4. The van der Waals surface area contributed by atoms with Crippen molar-refractivity contribution in [3.05, 3.63) is 0 Å². The molecule has 14 heavy (non-hydrogen) atoms. The molecule has 0 aromatic heterocycles. The molecule has 0 spiro atoms. The zero-order chi connectivity index (χ0) is 9.80. The Kier molecular flexibility index (Phi) is 3.82. The van der Waals surface area contributed by atoms with Crippen LogP contribution in [0.3, 0.4) is 0 Å². The number of ether oxygens (including phenoxy) is 1. The van der Waals surface area contributed by atoms with Crippen molar-refractivity contribution in [1.82, 2.24) is 5.32 Å². The molecule has 0 amide bonds. The highest BCUT2D eigenvalue weighted by Crippen LogP contribution is 2.23. The summed E-state index contributed by atoms with van der Waals surface area (Å²) in [5.74, 6) is 0.954. The fourth-order valence-corrected chi connectivity index (χ4v) is 2.57. The summed E-state index contributed by atoms with van der Waals surface area (Å²) in [6, 6.07) is 0.774. The van der Waals surface area contributed by atoms with Gasteiger partial charge < -0.3 is 10.1 Å². The first-order valence-corrected chi connectivity index (χ1v) is 6.19. The van der Waals surface area contributed by atoms with Gasteiger partial charge in [-0.3, -0.25) is 0 Å². The molecular weight excluding hydrogens is 174 g/mol. The van der Waals surface area contributed by atoms with Crippen LogP contribution in [0.4, 0.5) is 0 Å². The van der Waals surface area contributed by atoms with E-state index in [9.17, 15) is 0 Å². The number of hydrogen-bond donors (Lipinski definition) is 1. The van der Waals surface area contributed by atoms with Gasteiger partial charge in [-0.1, -0.05) is 6.92 Å². The van der Waals surface area contributed by atoms with E-state index in [-0.39, 0.29) is 0 Å². The summed E-state index contributed by atoms with van der Waals surface area (Å²) in [4.78, 5) is 0. The van der Waals surface area contributed by atoms with Gasteiger partial charge in [0.15, 0.2) is 0 Å². The normalized spacial score (nSPS) is 38.8.